The molecular formula is C27H33N5O4. The summed E-state index contributed by atoms with van der Waals surface area (Å²) >= 11 is 0. The van der Waals surface area contributed by atoms with E-state index in [2.05, 4.69) is 26.8 Å². The highest BCUT2D eigenvalue weighted by Crippen LogP contribution is 2.30. The van der Waals surface area contributed by atoms with Gasteiger partial charge in [-0.05, 0) is 55.4 Å². The Morgan fingerprint density at radius 1 is 1.11 bits per heavy atom. The number of nitrogens with zero attached hydrogens (tertiary/aromatic N) is 3. The van der Waals surface area contributed by atoms with Gasteiger partial charge in [-0.25, -0.2) is 4.98 Å². The summed E-state index contributed by atoms with van der Waals surface area (Å²) in [6.45, 7) is 4.54. The molecule has 190 valence electrons. The van der Waals surface area contributed by atoms with E-state index >= 15 is 0 Å². The van der Waals surface area contributed by atoms with Crippen LogP contribution in [0.15, 0.2) is 47.2 Å². The largest absolute Gasteiger partial charge is 0.464 e. The van der Waals surface area contributed by atoms with Crippen LogP contribution in [-0.2, 0) is 11.2 Å². The zero-order valence-corrected chi connectivity index (χ0v) is 20.4. The van der Waals surface area contributed by atoms with Gasteiger partial charge < -0.3 is 24.1 Å². The molecule has 1 aromatic carbocycles. The lowest BCUT2D eigenvalue weighted by Crippen LogP contribution is -2.46. The molecule has 0 spiro atoms. The number of hydrogen-bond donors (Lipinski definition) is 3. The fourth-order valence-electron chi connectivity index (χ4n) is 5.62. The zero-order valence-electron chi connectivity index (χ0n) is 20.4. The number of furan rings is 1. The lowest BCUT2D eigenvalue weighted by molar-refractivity contribution is -0.137. The Hall–Kier alpha value is -2.98. The zero-order chi connectivity index (χ0) is 24.5. The number of carbonyl (C=O) groups is 1. The van der Waals surface area contributed by atoms with E-state index in [0.717, 1.165) is 68.4 Å². The molecule has 3 aromatic rings. The number of piperidine rings is 1. The highest BCUT2D eigenvalue weighted by atomic mass is 16.5. The van der Waals surface area contributed by atoms with Crippen LogP contribution in [0.4, 0.5) is 0 Å². The minimum Gasteiger partial charge on any atom is -0.464 e. The molecular weight excluding hydrogens is 458 g/mol. The predicted molar refractivity (Wildman–Crippen MR) is 135 cm³/mol. The topological polar surface area (TPSA) is 103 Å². The number of aliphatic hydroxyl groups is 1. The maximum atomic E-state index is 12.1. The lowest BCUT2D eigenvalue weighted by Gasteiger charge is -2.36. The van der Waals surface area contributed by atoms with Crippen LogP contribution in [0.25, 0.3) is 11.0 Å². The Labute approximate surface area is 210 Å². The van der Waals surface area contributed by atoms with Gasteiger partial charge in [-0.3, -0.25) is 15.6 Å². The molecule has 36 heavy (non-hydrogen) atoms. The molecule has 0 aliphatic carbocycles. The Morgan fingerprint density at radius 3 is 2.72 bits per heavy atom. The van der Waals surface area contributed by atoms with E-state index in [1.807, 2.05) is 41.6 Å². The molecule has 3 aliphatic heterocycles. The molecule has 9 nitrogen and oxygen atoms in total. The van der Waals surface area contributed by atoms with Crippen molar-refractivity contribution in [1.82, 2.24) is 25.6 Å². The van der Waals surface area contributed by atoms with Crippen LogP contribution in [0.5, 0.6) is 11.6 Å². The third-order valence-corrected chi connectivity index (χ3v) is 7.75. The number of aromatic nitrogens is 1. The fraction of sp³-hybridized carbons (Fsp3) is 0.481. The van der Waals surface area contributed by atoms with Crippen LogP contribution in [0, 0.1) is 0 Å². The minimum absolute atomic E-state index is 0.0895. The normalized spacial score (nSPS) is 23.7. The van der Waals surface area contributed by atoms with Gasteiger partial charge in [0, 0.05) is 68.5 Å². The summed E-state index contributed by atoms with van der Waals surface area (Å²) in [7, 11) is 0. The van der Waals surface area contributed by atoms with E-state index in [-0.39, 0.29) is 11.9 Å². The predicted octanol–water partition coefficient (Wildman–Crippen LogP) is 2.76. The average Bonchev–Trinajstić information content (AvgIpc) is 3.65. The van der Waals surface area contributed by atoms with Gasteiger partial charge in [-0.15, -0.1) is 0 Å². The van der Waals surface area contributed by atoms with Crippen molar-refractivity contribution >= 4 is 16.9 Å². The maximum Gasteiger partial charge on any atom is 0.251 e. The first-order valence-corrected chi connectivity index (χ1v) is 13.0. The molecule has 2 atom stereocenters. The molecule has 6 rings (SSSR count). The second-order valence-corrected chi connectivity index (χ2v) is 10.0. The van der Waals surface area contributed by atoms with Gasteiger partial charge in [0.15, 0.2) is 0 Å². The Bertz CT molecular complexity index is 1200. The van der Waals surface area contributed by atoms with Gasteiger partial charge in [0.2, 0.25) is 5.88 Å². The molecule has 3 saturated heterocycles. The van der Waals surface area contributed by atoms with Crippen LogP contribution >= 0.6 is 0 Å². The second-order valence-electron chi connectivity index (χ2n) is 10.0. The van der Waals surface area contributed by atoms with Gasteiger partial charge in [-0.1, -0.05) is 6.07 Å². The third kappa shape index (κ3) is 4.84. The Morgan fingerprint density at radius 2 is 2.00 bits per heavy atom. The summed E-state index contributed by atoms with van der Waals surface area (Å²) in [6.07, 6.45) is 7.37. The van der Waals surface area contributed by atoms with Gasteiger partial charge >= 0.3 is 0 Å². The summed E-state index contributed by atoms with van der Waals surface area (Å²) < 4.78 is 11.8. The van der Waals surface area contributed by atoms with Gasteiger partial charge in [-0.2, -0.15) is 0 Å². The average molecular weight is 492 g/mol. The lowest BCUT2D eigenvalue weighted by atomic mass is 10.0. The first-order chi connectivity index (χ1) is 17.6. The molecule has 1 amide bonds. The number of benzene rings is 1. The second kappa shape index (κ2) is 10.2. The number of amides is 1. The van der Waals surface area contributed by atoms with E-state index in [1.54, 1.807) is 0 Å². The number of rotatable bonds is 7. The molecule has 3 fully saturated rings. The summed E-state index contributed by atoms with van der Waals surface area (Å²) in [6, 6.07) is 10.4. The smallest absolute Gasteiger partial charge is 0.251 e. The molecule has 3 aliphatic rings. The van der Waals surface area contributed by atoms with Crippen LogP contribution in [0.1, 0.15) is 42.9 Å². The third-order valence-electron chi connectivity index (χ3n) is 7.75. The van der Waals surface area contributed by atoms with Crippen LogP contribution in [0.2, 0.25) is 0 Å². The first-order valence-electron chi connectivity index (χ1n) is 13.0. The molecule has 3 N–H and O–H groups in total. The number of hydrogen-bond acceptors (Lipinski definition) is 8. The van der Waals surface area contributed by atoms with E-state index in [0.29, 0.717) is 30.6 Å². The van der Waals surface area contributed by atoms with Crippen molar-refractivity contribution in [2.24, 2.45) is 0 Å². The molecule has 0 bridgehead atoms. The number of carbonyl (C=O) groups excluding carboxylic acids is 1. The molecule has 9 heteroatoms. The van der Waals surface area contributed by atoms with Crippen molar-refractivity contribution in [3.05, 3.63) is 53.9 Å². The minimum atomic E-state index is -0.794. The Kier molecular flexibility index (Phi) is 6.62. The van der Waals surface area contributed by atoms with E-state index < -0.39 is 6.10 Å². The van der Waals surface area contributed by atoms with Crippen LogP contribution < -0.4 is 15.6 Å². The number of pyridine rings is 1. The molecule has 5 heterocycles. The van der Waals surface area contributed by atoms with Crippen molar-refractivity contribution in [3.63, 3.8) is 0 Å². The fourth-order valence-corrected chi connectivity index (χ4v) is 5.62. The van der Waals surface area contributed by atoms with Gasteiger partial charge in [0.1, 0.15) is 17.4 Å². The summed E-state index contributed by atoms with van der Waals surface area (Å²) in [5.74, 6) is 1.17. The first kappa shape index (κ1) is 23.4. The van der Waals surface area contributed by atoms with Crippen molar-refractivity contribution in [1.29, 1.82) is 0 Å². The molecule has 0 saturated carbocycles. The van der Waals surface area contributed by atoms with E-state index in [4.69, 9.17) is 9.15 Å². The summed E-state index contributed by atoms with van der Waals surface area (Å²) in [5.41, 5.74) is 9.53. The van der Waals surface area contributed by atoms with Crippen molar-refractivity contribution < 1.29 is 19.1 Å². The standard InChI is InChI=1S/C27H33N5O4/c33-24-9-14-32(27(24)34)20-7-12-31(13-8-20)11-6-19-17-35-25-15-21(2-3-22(19)25)36-26-4-1-18(16-28-26)23-5-10-29-30-23/h1-4,15-17,20,23-24,29-30,33H,5-14H2/t23?,24-/m0/s1. The molecule has 1 unspecified atom stereocenters. The number of ether oxygens (including phenoxy) is 1. The highest BCUT2D eigenvalue weighted by Gasteiger charge is 2.35. The highest BCUT2D eigenvalue weighted by molar-refractivity contribution is 5.83. The van der Waals surface area contributed by atoms with E-state index in [9.17, 15) is 9.90 Å². The number of nitrogens with one attached hydrogen (secondary N) is 2. The van der Waals surface area contributed by atoms with Crippen LogP contribution in [-0.4, -0.2) is 70.7 Å². The summed E-state index contributed by atoms with van der Waals surface area (Å²) in [4.78, 5) is 20.9. The van der Waals surface area contributed by atoms with Crippen LogP contribution in [0.3, 0.4) is 0 Å². The van der Waals surface area contributed by atoms with Gasteiger partial charge in [0.25, 0.3) is 5.91 Å². The van der Waals surface area contributed by atoms with Crippen molar-refractivity contribution in [2.45, 2.75) is 50.3 Å². The monoisotopic (exact) mass is 491 g/mol. The molecule has 0 radical (unpaired) electrons. The summed E-state index contributed by atoms with van der Waals surface area (Å²) in [5, 5.41) is 10.8. The molecule has 2 aromatic heterocycles. The maximum absolute atomic E-state index is 12.1. The quantitative estimate of drug-likeness (QED) is 0.464. The van der Waals surface area contributed by atoms with Crippen molar-refractivity contribution in [3.8, 4) is 11.6 Å². The number of fused-ring (bicyclic) bond motifs is 1. The number of hydrazine groups is 1. The van der Waals surface area contributed by atoms with Gasteiger partial charge in [0.05, 0.1) is 6.26 Å². The van der Waals surface area contributed by atoms with E-state index in [1.165, 1.54) is 5.56 Å². The number of likely N-dealkylation sites (tertiary alicyclic amines) is 2. The number of aliphatic hydroxyl groups excluding tert-OH is 1. The Balaban J connectivity index is 1.02. The van der Waals surface area contributed by atoms with Crippen molar-refractivity contribution in [2.75, 3.05) is 32.7 Å². The SMILES string of the molecule is O=C1[C@@H](O)CCN1C1CCN(CCc2coc3cc(Oc4ccc(C5CCNN5)cn4)ccc23)CC1.